The van der Waals surface area contributed by atoms with E-state index in [0.717, 1.165) is 17.7 Å². The quantitative estimate of drug-likeness (QED) is 0.810. The second-order valence-corrected chi connectivity index (χ2v) is 4.90. The Kier molecular flexibility index (Phi) is 5.71. The summed E-state index contributed by atoms with van der Waals surface area (Å²) in [7, 11) is 0. The smallest absolute Gasteiger partial charge is 0.248 e. The number of hydrogen-bond acceptors (Lipinski definition) is 2. The Morgan fingerprint density at radius 3 is 2.52 bits per heavy atom. The van der Waals surface area contributed by atoms with Gasteiger partial charge in [0.25, 0.3) is 0 Å². The molecule has 0 aliphatic carbocycles. The summed E-state index contributed by atoms with van der Waals surface area (Å²) in [6.45, 7) is 2.18. The number of aromatic nitrogens is 1. The van der Waals surface area contributed by atoms with Crippen molar-refractivity contribution in [2.45, 2.75) is 26.2 Å². The molecule has 0 fully saturated rings. The van der Waals surface area contributed by atoms with Crippen molar-refractivity contribution in [3.8, 4) is 0 Å². The number of carbonyl (C=O) groups excluding carboxylic acids is 1. The summed E-state index contributed by atoms with van der Waals surface area (Å²) in [5, 5.41) is 2.85. The van der Waals surface area contributed by atoms with Crippen LogP contribution in [0.15, 0.2) is 54.9 Å². The maximum absolute atomic E-state index is 11.8. The van der Waals surface area contributed by atoms with E-state index in [2.05, 4.69) is 29.4 Å². The monoisotopic (exact) mass is 280 g/mol. The fraction of sp³-hybridized carbons (Fsp3) is 0.222. The van der Waals surface area contributed by atoms with Gasteiger partial charge in [0.2, 0.25) is 5.91 Å². The third-order valence-electron chi connectivity index (χ3n) is 3.17. The molecule has 0 radical (unpaired) electrons. The van der Waals surface area contributed by atoms with Crippen molar-refractivity contribution in [1.29, 1.82) is 0 Å². The highest BCUT2D eigenvalue weighted by molar-refractivity contribution is 6.01. The number of nitrogens with one attached hydrogen (secondary N) is 1. The van der Waals surface area contributed by atoms with E-state index in [1.807, 2.05) is 24.3 Å². The van der Waals surface area contributed by atoms with E-state index in [1.165, 1.54) is 24.5 Å². The van der Waals surface area contributed by atoms with Crippen LogP contribution in [0.25, 0.3) is 6.08 Å². The third-order valence-corrected chi connectivity index (χ3v) is 3.17. The summed E-state index contributed by atoms with van der Waals surface area (Å²) in [6.07, 6.45) is 10.2. The minimum atomic E-state index is -0.131. The Balaban J connectivity index is 1.89. The van der Waals surface area contributed by atoms with Gasteiger partial charge in [-0.3, -0.25) is 9.78 Å². The number of anilines is 1. The SMILES string of the molecule is CCCCc1ccc(NC(=O)/C=C/c2ccncc2)cc1. The standard InChI is InChI=1S/C18H20N2O/c1-2-3-4-15-5-8-17(9-6-15)20-18(21)10-7-16-11-13-19-14-12-16/h5-14H,2-4H2,1H3,(H,20,21)/b10-7+. The highest BCUT2D eigenvalue weighted by Crippen LogP contribution is 2.12. The van der Waals surface area contributed by atoms with Gasteiger partial charge in [0.05, 0.1) is 0 Å². The highest BCUT2D eigenvalue weighted by atomic mass is 16.1. The first kappa shape index (κ1) is 15.0. The first-order chi connectivity index (χ1) is 10.3. The summed E-state index contributed by atoms with van der Waals surface area (Å²) in [4.78, 5) is 15.8. The van der Waals surface area contributed by atoms with E-state index in [9.17, 15) is 4.79 Å². The van der Waals surface area contributed by atoms with Gasteiger partial charge in [-0.25, -0.2) is 0 Å². The van der Waals surface area contributed by atoms with Crippen molar-refractivity contribution >= 4 is 17.7 Å². The van der Waals surface area contributed by atoms with Crippen molar-refractivity contribution in [3.05, 3.63) is 66.0 Å². The molecule has 21 heavy (non-hydrogen) atoms. The minimum absolute atomic E-state index is 0.131. The number of amides is 1. The van der Waals surface area contributed by atoms with Crippen molar-refractivity contribution in [1.82, 2.24) is 4.98 Å². The second kappa shape index (κ2) is 8.00. The molecule has 0 atom stereocenters. The van der Waals surface area contributed by atoms with Crippen LogP contribution in [0, 0.1) is 0 Å². The zero-order valence-electron chi connectivity index (χ0n) is 12.3. The molecule has 0 aliphatic heterocycles. The second-order valence-electron chi connectivity index (χ2n) is 4.90. The molecule has 0 aliphatic rings. The van der Waals surface area contributed by atoms with E-state index in [0.29, 0.717) is 0 Å². The Hall–Kier alpha value is -2.42. The largest absolute Gasteiger partial charge is 0.323 e. The highest BCUT2D eigenvalue weighted by Gasteiger charge is 1.98. The molecule has 1 aromatic carbocycles. The summed E-state index contributed by atoms with van der Waals surface area (Å²) in [6, 6.07) is 11.7. The van der Waals surface area contributed by atoms with Gasteiger partial charge in [0, 0.05) is 24.2 Å². The van der Waals surface area contributed by atoms with Crippen LogP contribution in [0.4, 0.5) is 5.69 Å². The zero-order chi connectivity index (χ0) is 14.9. The summed E-state index contributed by atoms with van der Waals surface area (Å²) >= 11 is 0. The van der Waals surface area contributed by atoms with E-state index < -0.39 is 0 Å². The number of pyridine rings is 1. The van der Waals surface area contributed by atoms with Crippen LogP contribution in [0.5, 0.6) is 0 Å². The van der Waals surface area contributed by atoms with Gasteiger partial charge in [0.1, 0.15) is 0 Å². The maximum atomic E-state index is 11.8. The molecule has 2 rings (SSSR count). The van der Waals surface area contributed by atoms with E-state index >= 15 is 0 Å². The molecule has 0 unspecified atom stereocenters. The molecule has 1 heterocycles. The van der Waals surface area contributed by atoms with Gasteiger partial charge in [0.15, 0.2) is 0 Å². The van der Waals surface area contributed by atoms with Gasteiger partial charge < -0.3 is 5.32 Å². The maximum Gasteiger partial charge on any atom is 0.248 e. The van der Waals surface area contributed by atoms with Gasteiger partial charge in [-0.15, -0.1) is 0 Å². The van der Waals surface area contributed by atoms with Crippen molar-refractivity contribution < 1.29 is 4.79 Å². The van der Waals surface area contributed by atoms with E-state index in [1.54, 1.807) is 18.5 Å². The van der Waals surface area contributed by atoms with Crippen molar-refractivity contribution in [2.75, 3.05) is 5.32 Å². The average Bonchev–Trinajstić information content (AvgIpc) is 2.53. The number of hydrogen-bond donors (Lipinski definition) is 1. The molecule has 0 bridgehead atoms. The molecule has 3 heteroatoms. The van der Waals surface area contributed by atoms with Crippen LogP contribution in [0.3, 0.4) is 0 Å². The number of unbranched alkanes of at least 4 members (excludes halogenated alkanes) is 1. The van der Waals surface area contributed by atoms with Crippen molar-refractivity contribution in [2.24, 2.45) is 0 Å². The van der Waals surface area contributed by atoms with Gasteiger partial charge in [-0.1, -0.05) is 25.5 Å². The van der Waals surface area contributed by atoms with Gasteiger partial charge in [-0.2, -0.15) is 0 Å². The molecule has 1 N–H and O–H groups in total. The first-order valence-electron chi connectivity index (χ1n) is 7.26. The predicted molar refractivity (Wildman–Crippen MR) is 87.0 cm³/mol. The Labute approximate surface area is 125 Å². The molecular weight excluding hydrogens is 260 g/mol. The fourth-order valence-electron chi connectivity index (χ4n) is 1.97. The van der Waals surface area contributed by atoms with Crippen LogP contribution in [0.1, 0.15) is 30.9 Å². The molecule has 3 nitrogen and oxygen atoms in total. The molecule has 0 saturated carbocycles. The Bertz CT molecular complexity index is 588. The lowest BCUT2D eigenvalue weighted by Gasteiger charge is -2.04. The number of nitrogens with zero attached hydrogens (tertiary/aromatic N) is 1. The van der Waals surface area contributed by atoms with Gasteiger partial charge in [-0.05, 0) is 54.3 Å². The topological polar surface area (TPSA) is 42.0 Å². The first-order valence-corrected chi connectivity index (χ1v) is 7.26. The molecule has 2 aromatic rings. The lowest BCUT2D eigenvalue weighted by molar-refractivity contribution is -0.111. The normalized spacial score (nSPS) is 10.7. The van der Waals surface area contributed by atoms with Crippen LogP contribution < -0.4 is 5.32 Å². The zero-order valence-corrected chi connectivity index (χ0v) is 12.3. The molecule has 0 spiro atoms. The van der Waals surface area contributed by atoms with Crippen LogP contribution in [-0.2, 0) is 11.2 Å². The summed E-state index contributed by atoms with van der Waals surface area (Å²) in [5.41, 5.74) is 3.08. The van der Waals surface area contributed by atoms with E-state index in [4.69, 9.17) is 0 Å². The van der Waals surface area contributed by atoms with Crippen molar-refractivity contribution in [3.63, 3.8) is 0 Å². The summed E-state index contributed by atoms with van der Waals surface area (Å²) in [5.74, 6) is -0.131. The molecule has 0 saturated heterocycles. The molecule has 1 aromatic heterocycles. The molecular formula is C18H20N2O. The Morgan fingerprint density at radius 2 is 1.86 bits per heavy atom. The van der Waals surface area contributed by atoms with Gasteiger partial charge >= 0.3 is 0 Å². The number of carbonyl (C=O) groups is 1. The average molecular weight is 280 g/mol. The summed E-state index contributed by atoms with van der Waals surface area (Å²) < 4.78 is 0. The minimum Gasteiger partial charge on any atom is -0.323 e. The number of benzene rings is 1. The fourth-order valence-corrected chi connectivity index (χ4v) is 1.97. The van der Waals surface area contributed by atoms with E-state index in [-0.39, 0.29) is 5.91 Å². The predicted octanol–water partition coefficient (Wildman–Crippen LogP) is 4.08. The third kappa shape index (κ3) is 5.22. The molecule has 1 amide bonds. The number of aryl methyl sites for hydroxylation is 1. The Morgan fingerprint density at radius 1 is 1.14 bits per heavy atom. The lowest BCUT2D eigenvalue weighted by Crippen LogP contribution is -2.07. The number of rotatable bonds is 6. The lowest BCUT2D eigenvalue weighted by atomic mass is 10.1. The van der Waals surface area contributed by atoms with Crippen LogP contribution in [0.2, 0.25) is 0 Å². The molecule has 108 valence electrons. The van der Waals surface area contributed by atoms with Crippen LogP contribution in [-0.4, -0.2) is 10.9 Å². The van der Waals surface area contributed by atoms with Crippen LogP contribution >= 0.6 is 0 Å².